The molecule has 0 aromatic carbocycles. The van der Waals surface area contributed by atoms with Crippen LogP contribution >= 0.6 is 11.8 Å². The Morgan fingerprint density at radius 3 is 3.00 bits per heavy atom. The molecule has 2 aliphatic rings. The van der Waals surface area contributed by atoms with Gasteiger partial charge in [0.25, 0.3) is 0 Å². The van der Waals surface area contributed by atoms with Crippen LogP contribution in [-0.2, 0) is 13.0 Å². The molecule has 2 atom stereocenters. The molecule has 22 heavy (non-hydrogen) atoms. The van der Waals surface area contributed by atoms with Crippen molar-refractivity contribution in [3.05, 3.63) is 53.4 Å². The van der Waals surface area contributed by atoms with Gasteiger partial charge in [-0.1, -0.05) is 29.9 Å². The van der Waals surface area contributed by atoms with Crippen LogP contribution in [0.4, 0.5) is 5.82 Å². The third kappa shape index (κ3) is 2.08. The number of fused-ring (bicyclic) bond motifs is 2. The Hall–Kier alpha value is -2.01. The maximum absolute atomic E-state index is 6.12. The van der Waals surface area contributed by atoms with Gasteiger partial charge in [0.2, 0.25) is 0 Å². The van der Waals surface area contributed by atoms with Crippen LogP contribution < -0.4 is 5.73 Å². The van der Waals surface area contributed by atoms with Crippen molar-refractivity contribution in [2.24, 2.45) is 5.92 Å². The Morgan fingerprint density at radius 2 is 2.14 bits per heavy atom. The zero-order valence-corrected chi connectivity index (χ0v) is 13.3. The highest BCUT2D eigenvalue weighted by Crippen LogP contribution is 2.41. The van der Waals surface area contributed by atoms with E-state index in [1.807, 2.05) is 11.8 Å². The molecule has 3 heterocycles. The summed E-state index contributed by atoms with van der Waals surface area (Å²) in [5.74, 6) is 1.08. The maximum Gasteiger partial charge on any atom is 0.145 e. The number of anilines is 1. The fourth-order valence-corrected chi connectivity index (χ4v) is 4.47. The highest BCUT2D eigenvalue weighted by molar-refractivity contribution is 8.03. The molecule has 1 aliphatic carbocycles. The van der Waals surface area contributed by atoms with Gasteiger partial charge in [0, 0.05) is 23.9 Å². The van der Waals surface area contributed by atoms with Gasteiger partial charge in [0.1, 0.15) is 17.8 Å². The molecule has 2 N–H and O–H groups in total. The van der Waals surface area contributed by atoms with Crippen LogP contribution in [0.1, 0.15) is 12.5 Å². The number of hydrogen-bond acceptors (Lipinski definition) is 4. The van der Waals surface area contributed by atoms with E-state index in [2.05, 4.69) is 57.4 Å². The third-order valence-electron chi connectivity index (χ3n) is 4.39. The molecule has 0 fully saturated rings. The quantitative estimate of drug-likeness (QED) is 0.945. The zero-order valence-electron chi connectivity index (χ0n) is 12.4. The van der Waals surface area contributed by atoms with Crippen molar-refractivity contribution in [2.75, 3.05) is 5.73 Å². The molecule has 2 aromatic heterocycles. The number of aryl methyl sites for hydroxylation is 1. The van der Waals surface area contributed by atoms with E-state index in [-0.39, 0.29) is 0 Å². The highest BCUT2D eigenvalue weighted by Gasteiger charge is 2.28. The van der Waals surface area contributed by atoms with E-state index < -0.39 is 0 Å². The van der Waals surface area contributed by atoms with Crippen molar-refractivity contribution in [3.63, 3.8) is 0 Å². The van der Waals surface area contributed by atoms with Crippen molar-refractivity contribution < 1.29 is 0 Å². The van der Waals surface area contributed by atoms with Gasteiger partial charge in [-0.2, -0.15) is 0 Å². The van der Waals surface area contributed by atoms with Gasteiger partial charge in [-0.3, -0.25) is 0 Å². The largest absolute Gasteiger partial charge is 0.383 e. The van der Waals surface area contributed by atoms with Crippen molar-refractivity contribution in [3.8, 4) is 0 Å². The number of nitrogen functional groups attached to an aromatic ring is 1. The number of nitrogens with zero attached hydrogens (tertiary/aromatic N) is 3. The van der Waals surface area contributed by atoms with E-state index in [0.29, 0.717) is 17.0 Å². The molecule has 0 saturated carbocycles. The molecule has 0 saturated heterocycles. The second kappa shape index (κ2) is 5.32. The van der Waals surface area contributed by atoms with Gasteiger partial charge in [-0.25, -0.2) is 9.97 Å². The number of thioether (sulfide) groups is 1. The van der Waals surface area contributed by atoms with Crippen LogP contribution in [0.25, 0.3) is 11.0 Å². The second-order valence-electron chi connectivity index (χ2n) is 5.66. The van der Waals surface area contributed by atoms with E-state index in [0.717, 1.165) is 24.0 Å². The van der Waals surface area contributed by atoms with Gasteiger partial charge in [-0.15, -0.1) is 11.8 Å². The first kappa shape index (κ1) is 13.6. The zero-order chi connectivity index (χ0) is 15.1. The van der Waals surface area contributed by atoms with Crippen LogP contribution in [0.15, 0.2) is 47.8 Å². The van der Waals surface area contributed by atoms with E-state index >= 15 is 0 Å². The Bertz CT molecular complexity index is 815. The summed E-state index contributed by atoms with van der Waals surface area (Å²) in [5.41, 5.74) is 9.73. The lowest BCUT2D eigenvalue weighted by Gasteiger charge is -2.18. The predicted molar refractivity (Wildman–Crippen MR) is 92.6 cm³/mol. The van der Waals surface area contributed by atoms with Crippen LogP contribution in [-0.4, -0.2) is 19.8 Å². The minimum absolute atomic E-state index is 0.501. The summed E-state index contributed by atoms with van der Waals surface area (Å²) in [7, 11) is 0. The summed E-state index contributed by atoms with van der Waals surface area (Å²) in [6, 6.07) is 0. The average Bonchev–Trinajstić information content (AvgIpc) is 3.11. The molecule has 0 spiro atoms. The van der Waals surface area contributed by atoms with Gasteiger partial charge in [0.15, 0.2) is 0 Å². The minimum atomic E-state index is 0.501. The van der Waals surface area contributed by atoms with Gasteiger partial charge >= 0.3 is 0 Å². The van der Waals surface area contributed by atoms with Crippen molar-refractivity contribution in [1.82, 2.24) is 14.5 Å². The van der Waals surface area contributed by atoms with Gasteiger partial charge in [0.05, 0.1) is 5.39 Å². The summed E-state index contributed by atoms with van der Waals surface area (Å²) in [6.45, 7) is 3.01. The summed E-state index contributed by atoms with van der Waals surface area (Å²) >= 11 is 1.91. The molecular formula is C17H18N4S. The van der Waals surface area contributed by atoms with Crippen LogP contribution in [0.3, 0.4) is 0 Å². The Morgan fingerprint density at radius 1 is 1.27 bits per heavy atom. The smallest absolute Gasteiger partial charge is 0.145 e. The number of nitrogens with two attached hydrogens (primary N) is 1. The van der Waals surface area contributed by atoms with E-state index in [1.54, 1.807) is 6.33 Å². The van der Waals surface area contributed by atoms with E-state index in [4.69, 9.17) is 5.73 Å². The fourth-order valence-electron chi connectivity index (χ4n) is 3.28. The SMILES string of the molecule is CCn1cc(CC2=CSC3C=CC=CC23)c2c(N)ncnc21. The van der Waals surface area contributed by atoms with E-state index in [1.165, 1.54) is 11.1 Å². The summed E-state index contributed by atoms with van der Waals surface area (Å²) in [5, 5.41) is 3.87. The minimum Gasteiger partial charge on any atom is -0.383 e. The molecule has 5 heteroatoms. The number of aromatic nitrogens is 3. The summed E-state index contributed by atoms with van der Waals surface area (Å²) in [6.07, 6.45) is 13.5. The predicted octanol–water partition coefficient (Wildman–Crippen LogP) is 3.32. The monoisotopic (exact) mass is 310 g/mol. The molecule has 2 aromatic rings. The first-order valence-electron chi connectivity index (χ1n) is 7.55. The van der Waals surface area contributed by atoms with Crippen LogP contribution in [0.5, 0.6) is 0 Å². The topological polar surface area (TPSA) is 56.7 Å². The first-order chi connectivity index (χ1) is 10.8. The Kier molecular flexibility index (Phi) is 3.30. The lowest BCUT2D eigenvalue weighted by Crippen LogP contribution is -2.13. The van der Waals surface area contributed by atoms with Crippen molar-refractivity contribution >= 4 is 28.6 Å². The molecule has 0 radical (unpaired) electrons. The molecule has 4 rings (SSSR count). The van der Waals surface area contributed by atoms with Crippen LogP contribution in [0, 0.1) is 5.92 Å². The molecule has 1 aliphatic heterocycles. The van der Waals surface area contributed by atoms with Gasteiger partial charge in [-0.05, 0) is 24.3 Å². The van der Waals surface area contributed by atoms with E-state index in [9.17, 15) is 0 Å². The van der Waals surface area contributed by atoms with Crippen LogP contribution in [0.2, 0.25) is 0 Å². The number of allylic oxidation sites excluding steroid dienone is 4. The molecule has 4 nitrogen and oxygen atoms in total. The van der Waals surface area contributed by atoms with Crippen molar-refractivity contribution in [1.29, 1.82) is 0 Å². The Balaban J connectivity index is 1.73. The fraction of sp³-hybridized carbons (Fsp3) is 0.294. The lowest BCUT2D eigenvalue weighted by molar-refractivity contribution is 0.763. The number of hydrogen-bond donors (Lipinski definition) is 1. The molecule has 0 amide bonds. The van der Waals surface area contributed by atoms with Gasteiger partial charge < -0.3 is 10.3 Å². The normalized spacial score (nSPS) is 23.0. The molecule has 0 bridgehead atoms. The summed E-state index contributed by atoms with van der Waals surface area (Å²) in [4.78, 5) is 8.59. The number of rotatable bonds is 3. The van der Waals surface area contributed by atoms with Crippen molar-refractivity contribution in [2.45, 2.75) is 25.1 Å². The third-order valence-corrected chi connectivity index (χ3v) is 5.59. The summed E-state index contributed by atoms with van der Waals surface area (Å²) < 4.78 is 2.15. The second-order valence-corrected chi connectivity index (χ2v) is 6.72. The average molecular weight is 310 g/mol. The highest BCUT2D eigenvalue weighted by atomic mass is 32.2. The maximum atomic E-state index is 6.12. The molecule has 112 valence electrons. The Labute approximate surface area is 133 Å². The first-order valence-corrected chi connectivity index (χ1v) is 8.49. The standard InChI is InChI=1S/C17H18N4S/c1-2-21-8-11(15-16(18)19-10-20-17(15)21)7-12-9-22-14-6-4-3-5-13(12)14/h3-6,8-10,13-14H,2,7H2,1H3,(H2,18,19,20). The molecular weight excluding hydrogens is 292 g/mol. The molecule has 2 unspecified atom stereocenters. The lowest BCUT2D eigenvalue weighted by atomic mass is 9.89.